The summed E-state index contributed by atoms with van der Waals surface area (Å²) in [5.74, 6) is 1.60. The lowest BCUT2D eigenvalue weighted by molar-refractivity contribution is 0.411. The van der Waals surface area contributed by atoms with Crippen LogP contribution in [0.2, 0.25) is 0 Å². The molecular weight excluding hydrogens is 643 g/mol. The molecule has 7 heteroatoms. The van der Waals surface area contributed by atoms with Gasteiger partial charge in [-0.15, -0.1) is 0 Å². The highest BCUT2D eigenvalue weighted by Crippen LogP contribution is 2.44. The summed E-state index contributed by atoms with van der Waals surface area (Å²) in [6, 6.07) is 30.4. The van der Waals surface area contributed by atoms with Crippen molar-refractivity contribution in [3.05, 3.63) is 114 Å². The van der Waals surface area contributed by atoms with Crippen molar-refractivity contribution in [1.82, 2.24) is 24.5 Å². The lowest BCUT2D eigenvalue weighted by Gasteiger charge is -2.24. The van der Waals surface area contributed by atoms with Gasteiger partial charge in [0.1, 0.15) is 11.4 Å². The molecule has 7 nitrogen and oxygen atoms in total. The first-order valence-corrected chi connectivity index (χ1v) is 17.9. The molecule has 0 aliphatic heterocycles. The van der Waals surface area contributed by atoms with Crippen LogP contribution in [0, 0.1) is 6.85 Å². The predicted molar refractivity (Wildman–Crippen MR) is 211 cm³/mol. The third kappa shape index (κ3) is 5.01. The summed E-state index contributed by atoms with van der Waals surface area (Å²) in [7, 11) is 0. The topological polar surface area (TPSA) is 82.8 Å². The Kier molecular flexibility index (Phi) is 6.43. The van der Waals surface area contributed by atoms with Crippen molar-refractivity contribution in [3.63, 3.8) is 0 Å². The Morgan fingerprint density at radius 1 is 0.673 bits per heavy atom. The van der Waals surface area contributed by atoms with E-state index < -0.39 is 6.85 Å². The number of benzene rings is 4. The highest BCUT2D eigenvalue weighted by atomic mass is 16.4. The molecule has 0 unspecified atom stereocenters. The molecule has 0 N–H and O–H groups in total. The molecule has 0 aliphatic rings. The van der Waals surface area contributed by atoms with Gasteiger partial charge in [0, 0.05) is 26.0 Å². The number of hydrogen-bond acceptors (Lipinski definition) is 6. The van der Waals surface area contributed by atoms with Crippen LogP contribution in [0.3, 0.4) is 0 Å². The first-order valence-electron chi connectivity index (χ1n) is 19.4. The van der Waals surface area contributed by atoms with E-state index >= 15 is 0 Å². The minimum atomic E-state index is -2.34. The zero-order chi connectivity index (χ0) is 38.6. The molecule has 5 heterocycles. The van der Waals surface area contributed by atoms with Crippen LogP contribution in [0.4, 0.5) is 0 Å². The molecule has 52 heavy (non-hydrogen) atoms. The number of furan rings is 1. The lowest BCUT2D eigenvalue weighted by atomic mass is 9.88. The smallest absolute Gasteiger partial charge is 0.229 e. The van der Waals surface area contributed by atoms with Crippen molar-refractivity contribution in [2.24, 2.45) is 0 Å². The van der Waals surface area contributed by atoms with Gasteiger partial charge in [-0.25, -0.2) is 4.98 Å². The normalized spacial score (nSPS) is 13.7. The fourth-order valence-corrected chi connectivity index (χ4v) is 7.36. The monoisotopic (exact) mass is 686 g/mol. The molecule has 0 radical (unpaired) electrons. The Morgan fingerprint density at radius 2 is 1.42 bits per heavy atom. The molecule has 0 saturated heterocycles. The Bertz CT molecular complexity index is 2940. The van der Waals surface area contributed by atoms with E-state index in [1.807, 2.05) is 48.5 Å². The van der Waals surface area contributed by atoms with E-state index in [1.54, 1.807) is 6.07 Å². The van der Waals surface area contributed by atoms with Gasteiger partial charge in [0.15, 0.2) is 5.58 Å². The molecule has 0 amide bonds. The lowest BCUT2D eigenvalue weighted by Crippen LogP contribution is -2.11. The van der Waals surface area contributed by atoms with E-state index in [1.165, 1.54) is 0 Å². The first-order chi connectivity index (χ1) is 26.2. The second-order valence-electron chi connectivity index (χ2n) is 15.4. The number of aromatic nitrogens is 5. The number of hydrogen-bond donors (Lipinski definition) is 0. The molecule has 0 aliphatic carbocycles. The van der Waals surface area contributed by atoms with E-state index in [9.17, 15) is 0 Å². The van der Waals surface area contributed by atoms with Crippen LogP contribution in [0.1, 0.15) is 87.1 Å². The molecule has 258 valence electrons. The minimum Gasteiger partial charge on any atom is -0.438 e. The Morgan fingerprint density at radius 3 is 2.13 bits per heavy atom. The van der Waals surface area contributed by atoms with E-state index in [0.717, 1.165) is 60.7 Å². The molecule has 5 aromatic heterocycles. The van der Waals surface area contributed by atoms with Gasteiger partial charge in [-0.3, -0.25) is 9.55 Å². The fourth-order valence-electron chi connectivity index (χ4n) is 7.36. The number of pyridine rings is 2. The second-order valence-corrected chi connectivity index (χ2v) is 15.4. The number of imidazole rings is 1. The summed E-state index contributed by atoms with van der Waals surface area (Å²) in [5.41, 5.74) is 10.6. The van der Waals surface area contributed by atoms with Gasteiger partial charge in [-0.1, -0.05) is 90.9 Å². The average molecular weight is 687 g/mol. The number of aryl methyl sites for hydroxylation is 1. The zero-order valence-corrected chi connectivity index (χ0v) is 30.4. The van der Waals surface area contributed by atoms with E-state index in [0.29, 0.717) is 39.8 Å². The fraction of sp³-hybridized carbons (Fsp3) is 0.244. The van der Waals surface area contributed by atoms with Crippen molar-refractivity contribution < 1.29 is 12.9 Å². The van der Waals surface area contributed by atoms with Gasteiger partial charge in [-0.05, 0) is 89.5 Å². The maximum Gasteiger partial charge on any atom is 0.229 e. The largest absolute Gasteiger partial charge is 0.438 e. The maximum atomic E-state index is 8.07. The van der Waals surface area contributed by atoms with E-state index in [2.05, 4.69) is 94.4 Å². The molecule has 0 saturated carbocycles. The summed E-state index contributed by atoms with van der Waals surface area (Å²) in [5, 5.41) is 2.52. The SMILES string of the molecule is [2H]C([2H])([2H])c1ccc2c(ccc3nc(-c4cccc5c4oc4nc6nc(C(C)(C)C)oc6cc45)n(-c4c(C(C)C)cc(-c5ccccc5)cc4C(C)C)c32)n1. The van der Waals surface area contributed by atoms with Crippen LogP contribution in [-0.4, -0.2) is 24.5 Å². The van der Waals surface area contributed by atoms with Crippen molar-refractivity contribution in [2.45, 2.75) is 72.6 Å². The summed E-state index contributed by atoms with van der Waals surface area (Å²) < 4.78 is 39.3. The molecule has 4 aromatic carbocycles. The highest BCUT2D eigenvalue weighted by Gasteiger charge is 2.28. The molecule has 9 rings (SSSR count). The summed E-state index contributed by atoms with van der Waals surface area (Å²) >= 11 is 0. The molecule has 0 atom stereocenters. The maximum absolute atomic E-state index is 8.07. The number of nitrogens with zero attached hydrogens (tertiary/aromatic N) is 5. The van der Waals surface area contributed by atoms with Crippen LogP contribution in [0.25, 0.3) is 83.4 Å². The van der Waals surface area contributed by atoms with Crippen LogP contribution in [0.15, 0.2) is 99.8 Å². The van der Waals surface area contributed by atoms with Crippen molar-refractivity contribution in [3.8, 4) is 28.2 Å². The standard InChI is InChI=1S/C45H41N5O2/c1-24(2)32-21-28(27-13-10-9-11-14-27)22-33(25(3)4)38(32)50-39-30-18-17-26(5)46-35(30)19-20-36(39)47-42(50)31-16-12-15-29-34-23-37-41(48-43(34)52-40(29)31)49-44(51-37)45(6,7)8/h9-25H,1-8H3/i5D3. The summed E-state index contributed by atoms with van der Waals surface area (Å²) in [4.78, 5) is 19.6. The average Bonchev–Trinajstić information content (AvgIpc) is 3.86. The van der Waals surface area contributed by atoms with Gasteiger partial charge in [-0.2, -0.15) is 9.97 Å². The van der Waals surface area contributed by atoms with Crippen LogP contribution >= 0.6 is 0 Å². The second kappa shape index (κ2) is 11.6. The summed E-state index contributed by atoms with van der Waals surface area (Å²) in [6.07, 6.45) is 0. The molecule has 9 aromatic rings. The molecule has 0 bridgehead atoms. The van der Waals surface area contributed by atoms with Gasteiger partial charge in [0.05, 0.1) is 33.2 Å². The number of rotatable bonds is 5. The van der Waals surface area contributed by atoms with Crippen molar-refractivity contribution >= 4 is 55.2 Å². The predicted octanol–water partition coefficient (Wildman–Crippen LogP) is 12.2. The van der Waals surface area contributed by atoms with Crippen LogP contribution in [-0.2, 0) is 5.41 Å². The van der Waals surface area contributed by atoms with Crippen molar-refractivity contribution in [2.75, 3.05) is 0 Å². The van der Waals surface area contributed by atoms with Crippen LogP contribution in [0.5, 0.6) is 0 Å². The quantitative estimate of drug-likeness (QED) is 0.179. The van der Waals surface area contributed by atoms with Gasteiger partial charge in [0.25, 0.3) is 0 Å². The van der Waals surface area contributed by atoms with Crippen LogP contribution < -0.4 is 0 Å². The van der Waals surface area contributed by atoms with Crippen molar-refractivity contribution in [1.29, 1.82) is 0 Å². The zero-order valence-electron chi connectivity index (χ0n) is 33.4. The minimum absolute atomic E-state index is 0.0537. The van der Waals surface area contributed by atoms with E-state index in [-0.39, 0.29) is 22.9 Å². The highest BCUT2D eigenvalue weighted by molar-refractivity contribution is 6.11. The third-order valence-electron chi connectivity index (χ3n) is 9.96. The molecular formula is C45H41N5O2. The molecule has 0 fully saturated rings. The third-order valence-corrected chi connectivity index (χ3v) is 9.96. The first kappa shape index (κ1) is 28.8. The van der Waals surface area contributed by atoms with Gasteiger partial charge >= 0.3 is 0 Å². The summed E-state index contributed by atoms with van der Waals surface area (Å²) in [6.45, 7) is 12.7. The van der Waals surface area contributed by atoms with Gasteiger partial charge in [0.2, 0.25) is 17.3 Å². The van der Waals surface area contributed by atoms with E-state index in [4.69, 9.17) is 27.9 Å². The number of para-hydroxylation sites is 1. The number of oxazole rings is 1. The molecule has 0 spiro atoms. The number of fused-ring (bicyclic) bond motifs is 7. The Labute approximate surface area is 306 Å². The van der Waals surface area contributed by atoms with Gasteiger partial charge < -0.3 is 8.83 Å². The Balaban J connectivity index is 1.39. The Hall–Kier alpha value is -5.82.